The number of aryl methyl sites for hydroxylation is 1. The number of carboxylic acids is 1. The summed E-state index contributed by atoms with van der Waals surface area (Å²) in [7, 11) is 0. The number of aromatic nitrogens is 2. The summed E-state index contributed by atoms with van der Waals surface area (Å²) in [6.45, 7) is 2.89. The van der Waals surface area contributed by atoms with Crippen molar-refractivity contribution in [1.82, 2.24) is 15.5 Å². The van der Waals surface area contributed by atoms with E-state index in [1.165, 1.54) is 26.7 Å². The average molecular weight is 295 g/mol. The van der Waals surface area contributed by atoms with E-state index in [-0.39, 0.29) is 12.3 Å². The lowest BCUT2D eigenvalue weighted by atomic mass is 10.1. The second-order valence-corrected chi connectivity index (χ2v) is 6.01. The van der Waals surface area contributed by atoms with Gasteiger partial charge in [0, 0.05) is 18.8 Å². The van der Waals surface area contributed by atoms with Crippen molar-refractivity contribution in [3.05, 3.63) is 11.7 Å². The van der Waals surface area contributed by atoms with Crippen molar-refractivity contribution in [2.24, 2.45) is 0 Å². The molecule has 0 atom stereocenters. The zero-order valence-corrected chi connectivity index (χ0v) is 12.4. The fourth-order valence-electron chi connectivity index (χ4n) is 2.40. The Morgan fingerprint density at radius 1 is 1.38 bits per heavy atom. The second-order valence-electron chi connectivity index (χ2n) is 6.01. The molecule has 116 valence electrons. The number of hydrogen-bond donors (Lipinski definition) is 2. The third-order valence-corrected chi connectivity index (χ3v) is 3.76. The third kappa shape index (κ3) is 4.03. The summed E-state index contributed by atoms with van der Waals surface area (Å²) in [5.41, 5.74) is -1.28. The Bertz CT molecular complexity index is 518. The molecule has 0 aromatic carbocycles. The lowest BCUT2D eigenvalue weighted by Gasteiger charge is -2.20. The van der Waals surface area contributed by atoms with E-state index in [2.05, 4.69) is 15.5 Å². The molecule has 7 nitrogen and oxygen atoms in total. The molecule has 0 unspecified atom stereocenters. The fraction of sp³-hybridized carbons (Fsp3) is 0.714. The topological polar surface area (TPSA) is 105 Å². The van der Waals surface area contributed by atoms with Crippen LogP contribution in [0.25, 0.3) is 0 Å². The molecule has 1 heterocycles. The predicted octanol–water partition coefficient (Wildman–Crippen LogP) is 1.64. The summed E-state index contributed by atoms with van der Waals surface area (Å²) in [6.07, 6.45) is 5.02. The van der Waals surface area contributed by atoms with Crippen LogP contribution in [-0.4, -0.2) is 32.7 Å². The number of carbonyl (C=O) groups is 2. The van der Waals surface area contributed by atoms with Crippen molar-refractivity contribution < 1.29 is 19.2 Å². The Kier molecular flexibility index (Phi) is 4.59. The van der Waals surface area contributed by atoms with Gasteiger partial charge in [-0.25, -0.2) is 4.79 Å². The van der Waals surface area contributed by atoms with Crippen molar-refractivity contribution in [2.45, 2.75) is 63.8 Å². The third-order valence-electron chi connectivity index (χ3n) is 3.76. The van der Waals surface area contributed by atoms with Gasteiger partial charge >= 0.3 is 5.97 Å². The zero-order valence-electron chi connectivity index (χ0n) is 12.4. The van der Waals surface area contributed by atoms with Crippen LogP contribution in [0.15, 0.2) is 4.52 Å². The highest BCUT2D eigenvalue weighted by molar-refractivity contribution is 5.86. The standard InChI is InChI=1S/C14H21N3O4/c1-14(2,13(19)20)16-10(18)7-8-11-15-12(17-21-11)9-5-3-4-6-9/h9H,3-8H2,1-2H3,(H,16,18)(H,19,20). The van der Waals surface area contributed by atoms with E-state index in [0.717, 1.165) is 18.7 Å². The molecule has 0 spiro atoms. The quantitative estimate of drug-likeness (QED) is 0.826. The van der Waals surface area contributed by atoms with E-state index in [1.807, 2.05) is 0 Å². The summed E-state index contributed by atoms with van der Waals surface area (Å²) < 4.78 is 5.15. The van der Waals surface area contributed by atoms with Crippen LogP contribution in [0.3, 0.4) is 0 Å². The lowest BCUT2D eigenvalue weighted by molar-refractivity contribution is -0.146. The summed E-state index contributed by atoms with van der Waals surface area (Å²) >= 11 is 0. The number of nitrogens with one attached hydrogen (secondary N) is 1. The minimum Gasteiger partial charge on any atom is -0.480 e. The Morgan fingerprint density at radius 3 is 2.67 bits per heavy atom. The van der Waals surface area contributed by atoms with Gasteiger partial charge in [-0.15, -0.1) is 0 Å². The molecule has 1 saturated carbocycles. The molecule has 0 saturated heterocycles. The van der Waals surface area contributed by atoms with E-state index in [4.69, 9.17) is 9.63 Å². The lowest BCUT2D eigenvalue weighted by Crippen LogP contribution is -2.49. The number of amides is 1. The summed E-state index contributed by atoms with van der Waals surface area (Å²) in [4.78, 5) is 27.0. The van der Waals surface area contributed by atoms with E-state index >= 15 is 0 Å². The maximum absolute atomic E-state index is 11.7. The monoisotopic (exact) mass is 295 g/mol. The molecule has 7 heteroatoms. The Morgan fingerprint density at radius 2 is 2.05 bits per heavy atom. The van der Waals surface area contributed by atoms with Gasteiger partial charge in [-0.1, -0.05) is 18.0 Å². The van der Waals surface area contributed by atoms with Crippen LogP contribution in [0.5, 0.6) is 0 Å². The molecule has 0 bridgehead atoms. The normalized spacial score (nSPS) is 16.1. The first-order chi connectivity index (χ1) is 9.88. The predicted molar refractivity (Wildman–Crippen MR) is 73.7 cm³/mol. The van der Waals surface area contributed by atoms with Crippen molar-refractivity contribution in [3.63, 3.8) is 0 Å². The van der Waals surface area contributed by atoms with Gasteiger partial charge in [0.1, 0.15) is 5.54 Å². The summed E-state index contributed by atoms with van der Waals surface area (Å²) in [5.74, 6) is 0.122. The maximum Gasteiger partial charge on any atom is 0.328 e. The molecule has 1 aromatic heterocycles. The molecule has 0 radical (unpaired) electrons. The second kappa shape index (κ2) is 6.24. The first-order valence-electron chi connectivity index (χ1n) is 7.25. The van der Waals surface area contributed by atoms with Gasteiger partial charge in [0.15, 0.2) is 5.82 Å². The number of carbonyl (C=O) groups excluding carboxylic acids is 1. The van der Waals surface area contributed by atoms with Crippen LogP contribution in [0, 0.1) is 0 Å². The molecular formula is C14H21N3O4. The Balaban J connectivity index is 1.83. The van der Waals surface area contributed by atoms with Crippen molar-refractivity contribution in [3.8, 4) is 0 Å². The van der Waals surface area contributed by atoms with Gasteiger partial charge in [-0.3, -0.25) is 4.79 Å². The first kappa shape index (κ1) is 15.5. The molecule has 1 fully saturated rings. The van der Waals surface area contributed by atoms with Crippen molar-refractivity contribution >= 4 is 11.9 Å². The molecule has 1 aliphatic carbocycles. The van der Waals surface area contributed by atoms with Gasteiger partial charge in [0.05, 0.1) is 0 Å². The first-order valence-corrected chi connectivity index (χ1v) is 7.25. The molecule has 1 aliphatic rings. The van der Waals surface area contributed by atoms with Crippen LogP contribution >= 0.6 is 0 Å². The van der Waals surface area contributed by atoms with Crippen LogP contribution in [0.2, 0.25) is 0 Å². The highest BCUT2D eigenvalue weighted by atomic mass is 16.5. The van der Waals surface area contributed by atoms with Crippen molar-refractivity contribution in [1.29, 1.82) is 0 Å². The molecule has 2 N–H and O–H groups in total. The highest BCUT2D eigenvalue weighted by Gasteiger charge is 2.29. The summed E-state index contributed by atoms with van der Waals surface area (Å²) in [5, 5.41) is 15.4. The number of hydrogen-bond acceptors (Lipinski definition) is 5. The Labute approximate surface area is 123 Å². The van der Waals surface area contributed by atoms with E-state index in [0.29, 0.717) is 18.2 Å². The summed E-state index contributed by atoms with van der Waals surface area (Å²) in [6, 6.07) is 0. The van der Waals surface area contributed by atoms with E-state index < -0.39 is 11.5 Å². The van der Waals surface area contributed by atoms with E-state index in [1.54, 1.807) is 0 Å². The molecule has 0 aliphatic heterocycles. The van der Waals surface area contributed by atoms with Gasteiger partial charge in [0.25, 0.3) is 0 Å². The van der Waals surface area contributed by atoms with Crippen LogP contribution in [0.4, 0.5) is 0 Å². The van der Waals surface area contributed by atoms with Gasteiger partial charge in [-0.2, -0.15) is 4.98 Å². The van der Waals surface area contributed by atoms with Crippen LogP contribution in [-0.2, 0) is 16.0 Å². The molecule has 1 aromatic rings. The molecule has 2 rings (SSSR count). The minimum absolute atomic E-state index is 0.128. The van der Waals surface area contributed by atoms with Crippen LogP contribution < -0.4 is 5.32 Å². The van der Waals surface area contributed by atoms with Gasteiger partial charge in [0.2, 0.25) is 11.8 Å². The fourth-order valence-corrected chi connectivity index (χ4v) is 2.40. The molecule has 21 heavy (non-hydrogen) atoms. The maximum atomic E-state index is 11.7. The van der Waals surface area contributed by atoms with Gasteiger partial charge in [-0.05, 0) is 26.7 Å². The van der Waals surface area contributed by atoms with E-state index in [9.17, 15) is 9.59 Å². The van der Waals surface area contributed by atoms with Crippen molar-refractivity contribution in [2.75, 3.05) is 0 Å². The minimum atomic E-state index is -1.28. The smallest absolute Gasteiger partial charge is 0.328 e. The number of carboxylic acid groups (broad SMARTS) is 1. The molecular weight excluding hydrogens is 274 g/mol. The number of aliphatic carboxylic acids is 1. The Hall–Kier alpha value is -1.92. The SMILES string of the molecule is CC(C)(NC(=O)CCc1nc(C2CCCC2)no1)C(=O)O. The molecule has 1 amide bonds. The van der Waals surface area contributed by atoms with Crippen LogP contribution in [0.1, 0.15) is 63.6 Å². The largest absolute Gasteiger partial charge is 0.480 e. The number of nitrogens with zero attached hydrogens (tertiary/aromatic N) is 2. The zero-order chi connectivity index (χ0) is 15.5. The van der Waals surface area contributed by atoms with Gasteiger partial charge < -0.3 is 14.9 Å². The highest BCUT2D eigenvalue weighted by Crippen LogP contribution is 2.32. The number of rotatable bonds is 6. The average Bonchev–Trinajstić information content (AvgIpc) is 3.06.